The molecule has 2 N–H and O–H groups in total. The number of pyridine rings is 2. The zero-order valence-corrected chi connectivity index (χ0v) is 32.3. The average Bonchev–Trinajstić information content (AvgIpc) is 3.08. The summed E-state index contributed by atoms with van der Waals surface area (Å²) in [5.41, 5.74) is 9.29. The number of hydrogen-bond donors (Lipinski definition) is 2. The number of rotatable bonds is 10. The van der Waals surface area contributed by atoms with Gasteiger partial charge in [-0.15, -0.1) is 49.6 Å². The van der Waals surface area contributed by atoms with Gasteiger partial charge in [0.2, 0.25) is 0 Å². The first-order chi connectivity index (χ1) is 22.5. The van der Waals surface area contributed by atoms with Crippen molar-refractivity contribution in [2.45, 2.75) is 64.2 Å². The number of nitrogens with one attached hydrogen (secondary N) is 2. The molecule has 2 aromatic heterocycles. The molecule has 2 aliphatic rings. The van der Waals surface area contributed by atoms with E-state index in [-0.39, 0.29) is 55.5 Å². The topological polar surface area (TPSA) is 76.1 Å². The third-order valence-corrected chi connectivity index (χ3v) is 9.63. The van der Waals surface area contributed by atoms with Crippen molar-refractivity contribution in [3.05, 3.63) is 93.1 Å². The van der Waals surface area contributed by atoms with Gasteiger partial charge in [0.15, 0.2) is 0 Å². The number of anilines is 1. The lowest BCUT2D eigenvalue weighted by atomic mass is 9.92. The summed E-state index contributed by atoms with van der Waals surface area (Å²) in [5, 5.41) is 10.3. The molecule has 0 atom stereocenters. The van der Waals surface area contributed by atoms with Crippen molar-refractivity contribution in [1.29, 1.82) is 0 Å². The van der Waals surface area contributed by atoms with E-state index in [1.165, 1.54) is 29.8 Å². The summed E-state index contributed by atoms with van der Waals surface area (Å²) in [5.74, 6) is 0.776. The number of carbonyl (C=O) groups is 1. The number of amides is 1. The number of fused-ring (bicyclic) bond motifs is 5. The van der Waals surface area contributed by atoms with Crippen LogP contribution in [0.4, 0.5) is 5.69 Å². The minimum Gasteiger partial charge on any atom is -0.493 e. The lowest BCUT2D eigenvalue weighted by molar-refractivity contribution is 0.0953. The second-order valence-electron chi connectivity index (χ2n) is 12.3. The van der Waals surface area contributed by atoms with Gasteiger partial charge in [-0.05, 0) is 105 Å². The quantitative estimate of drug-likeness (QED) is 0.138. The van der Waals surface area contributed by atoms with Crippen LogP contribution in [-0.4, -0.2) is 35.6 Å². The largest absolute Gasteiger partial charge is 0.493 e. The van der Waals surface area contributed by atoms with Crippen LogP contribution in [0.3, 0.4) is 0 Å². The molecule has 0 bridgehead atoms. The Morgan fingerprint density at radius 1 is 0.700 bits per heavy atom. The number of nitrogens with zero attached hydrogens (tertiary/aromatic N) is 2. The van der Waals surface area contributed by atoms with Gasteiger partial charge in [-0.3, -0.25) is 9.78 Å². The van der Waals surface area contributed by atoms with Crippen LogP contribution in [0.2, 0.25) is 10.0 Å². The fraction of sp³-hybridized carbons (Fsp3) is 0.342. The molecule has 1 aliphatic heterocycles. The van der Waals surface area contributed by atoms with Crippen LogP contribution in [0.25, 0.3) is 33.1 Å². The van der Waals surface area contributed by atoms with Gasteiger partial charge in [0.25, 0.3) is 5.91 Å². The summed E-state index contributed by atoms with van der Waals surface area (Å²) in [6.07, 6.45) is 10.5. The van der Waals surface area contributed by atoms with Crippen LogP contribution in [0.5, 0.6) is 5.75 Å². The van der Waals surface area contributed by atoms with Crippen LogP contribution < -0.4 is 15.4 Å². The number of carbonyl (C=O) groups excluding carboxylic acids is 1. The number of unbranched alkanes of at least 4 members (excludes halogenated alkanes) is 3. The normalized spacial score (nSPS) is 12.9. The molecule has 50 heavy (non-hydrogen) atoms. The van der Waals surface area contributed by atoms with E-state index in [0.29, 0.717) is 23.7 Å². The molecule has 7 rings (SSSR count). The van der Waals surface area contributed by atoms with Crippen molar-refractivity contribution in [2.24, 2.45) is 0 Å². The number of halogens is 6. The number of aryl methyl sites for hydroxylation is 1. The second-order valence-corrected chi connectivity index (χ2v) is 13.2. The third-order valence-electron chi connectivity index (χ3n) is 9.15. The van der Waals surface area contributed by atoms with Gasteiger partial charge < -0.3 is 15.4 Å². The number of benzene rings is 3. The van der Waals surface area contributed by atoms with E-state index in [0.717, 1.165) is 107 Å². The summed E-state index contributed by atoms with van der Waals surface area (Å²) in [7, 11) is 0. The summed E-state index contributed by atoms with van der Waals surface area (Å²) in [6, 6.07) is 19.5. The van der Waals surface area contributed by atoms with E-state index >= 15 is 0 Å². The van der Waals surface area contributed by atoms with Crippen molar-refractivity contribution in [3.63, 3.8) is 0 Å². The predicted octanol–water partition coefficient (Wildman–Crippen LogP) is 11.1. The molecule has 3 heterocycles. The van der Waals surface area contributed by atoms with E-state index < -0.39 is 0 Å². The SMILES string of the molecule is Cl.Cl.Cl.Cl.O=C(NCCCCCCNc1c2c(nc3cc(Cl)ccc13)CCCC2)c1ccc2nc(-c3ccc(Cl)cc3)c3c(c2c1)OCCC3. The van der Waals surface area contributed by atoms with E-state index in [1.54, 1.807) is 0 Å². The second kappa shape index (κ2) is 19.2. The van der Waals surface area contributed by atoms with Gasteiger partial charge in [-0.1, -0.05) is 48.2 Å². The average molecular weight is 799 g/mol. The van der Waals surface area contributed by atoms with Crippen LogP contribution in [0.15, 0.2) is 60.7 Å². The highest BCUT2D eigenvalue weighted by molar-refractivity contribution is 6.31. The van der Waals surface area contributed by atoms with Crippen molar-refractivity contribution >= 4 is 106 Å². The first-order valence-corrected chi connectivity index (χ1v) is 17.3. The van der Waals surface area contributed by atoms with E-state index in [1.807, 2.05) is 54.6 Å². The van der Waals surface area contributed by atoms with Crippen LogP contribution in [0.1, 0.15) is 72.1 Å². The molecule has 1 amide bonds. The molecular weight excluding hydrogens is 757 g/mol. The first-order valence-electron chi connectivity index (χ1n) is 16.5. The highest BCUT2D eigenvalue weighted by Gasteiger charge is 2.22. The molecular formula is C38H42Cl6N4O2. The zero-order chi connectivity index (χ0) is 31.5. The Hall–Kier alpha value is -2.71. The lowest BCUT2D eigenvalue weighted by Crippen LogP contribution is -2.24. The minimum absolute atomic E-state index is 0. The van der Waals surface area contributed by atoms with Crippen LogP contribution in [0, 0.1) is 0 Å². The number of aromatic nitrogens is 2. The molecule has 1 aliphatic carbocycles. The lowest BCUT2D eigenvalue weighted by Gasteiger charge is -2.22. The fourth-order valence-electron chi connectivity index (χ4n) is 6.80. The Kier molecular flexibility index (Phi) is 16.0. The first kappa shape index (κ1) is 41.7. The fourth-order valence-corrected chi connectivity index (χ4v) is 7.10. The Labute approximate surface area is 328 Å². The molecule has 0 saturated heterocycles. The monoisotopic (exact) mass is 796 g/mol. The summed E-state index contributed by atoms with van der Waals surface area (Å²) in [6.45, 7) is 2.22. The van der Waals surface area contributed by atoms with E-state index in [4.69, 9.17) is 37.9 Å². The van der Waals surface area contributed by atoms with Gasteiger partial charge in [0.05, 0.1) is 23.3 Å². The third kappa shape index (κ3) is 9.20. The van der Waals surface area contributed by atoms with Gasteiger partial charge >= 0.3 is 0 Å². The Balaban J connectivity index is 0.00000169. The molecule has 5 aromatic rings. The molecule has 3 aromatic carbocycles. The van der Waals surface area contributed by atoms with Crippen molar-refractivity contribution in [1.82, 2.24) is 15.3 Å². The Morgan fingerprint density at radius 3 is 2.22 bits per heavy atom. The van der Waals surface area contributed by atoms with Gasteiger partial charge in [-0.25, -0.2) is 4.98 Å². The molecule has 0 fully saturated rings. The standard InChI is InChI=1S/C38H38Cl2N4O2.4ClH/c39-26-14-11-24(12-15-26)35-30-9-7-21-46-37(30)31-22-25(13-18-33(31)44-35)38(45)42-20-6-2-1-5-19-41-36-28-8-3-4-10-32(28)43-34-23-27(40)16-17-29(34)36;;;;/h11-18,22-23H,1-10,19-21H2,(H,41,43)(H,42,45);4*1H. The highest BCUT2D eigenvalue weighted by atomic mass is 35.5. The molecule has 0 unspecified atom stereocenters. The summed E-state index contributed by atoms with van der Waals surface area (Å²) < 4.78 is 6.17. The van der Waals surface area contributed by atoms with Crippen molar-refractivity contribution in [3.8, 4) is 17.0 Å². The Morgan fingerprint density at radius 2 is 1.42 bits per heavy atom. The van der Waals surface area contributed by atoms with Crippen molar-refractivity contribution in [2.75, 3.05) is 25.0 Å². The summed E-state index contributed by atoms with van der Waals surface area (Å²) in [4.78, 5) is 23.0. The van der Waals surface area contributed by atoms with Crippen LogP contribution >= 0.6 is 72.8 Å². The maximum Gasteiger partial charge on any atom is 0.251 e. The van der Waals surface area contributed by atoms with E-state index in [9.17, 15) is 4.79 Å². The zero-order valence-electron chi connectivity index (χ0n) is 27.6. The molecule has 0 saturated carbocycles. The Bertz CT molecular complexity index is 1920. The molecule has 0 spiro atoms. The minimum atomic E-state index is -0.0654. The van der Waals surface area contributed by atoms with Gasteiger partial charge in [-0.2, -0.15) is 0 Å². The van der Waals surface area contributed by atoms with Gasteiger partial charge in [0, 0.05) is 62.0 Å². The molecule has 6 nitrogen and oxygen atoms in total. The smallest absolute Gasteiger partial charge is 0.251 e. The summed E-state index contributed by atoms with van der Waals surface area (Å²) >= 11 is 12.4. The molecule has 268 valence electrons. The highest BCUT2D eigenvalue weighted by Crippen LogP contribution is 2.39. The predicted molar refractivity (Wildman–Crippen MR) is 218 cm³/mol. The molecule has 0 radical (unpaired) electrons. The molecule has 12 heteroatoms. The maximum atomic E-state index is 13.1. The number of ether oxygens (including phenoxy) is 1. The van der Waals surface area contributed by atoms with Gasteiger partial charge in [0.1, 0.15) is 5.75 Å². The van der Waals surface area contributed by atoms with Crippen LogP contribution in [-0.2, 0) is 19.3 Å². The van der Waals surface area contributed by atoms with E-state index in [2.05, 4.69) is 16.7 Å². The van der Waals surface area contributed by atoms with Crippen molar-refractivity contribution < 1.29 is 9.53 Å². The number of hydrogen-bond acceptors (Lipinski definition) is 5. The maximum absolute atomic E-state index is 13.1.